The molecule has 0 saturated heterocycles. The molecule has 0 unspecified atom stereocenters. The Morgan fingerprint density at radius 3 is 3.00 bits per heavy atom. The molecule has 0 saturated carbocycles. The van der Waals surface area contributed by atoms with E-state index in [4.69, 9.17) is 4.74 Å². The number of rotatable bonds is 3. The Kier molecular flexibility index (Phi) is 6.03. The normalized spacial score (nSPS) is 13.9. The van der Waals surface area contributed by atoms with E-state index in [0.29, 0.717) is 6.54 Å². The molecule has 3 N–H and O–H groups in total. The maximum atomic E-state index is 9.70. The molecular formula is C12H18IN3O2. The Balaban J connectivity index is 0.00000162. The summed E-state index contributed by atoms with van der Waals surface area (Å²) in [7, 11) is 1.61. The fourth-order valence-electron chi connectivity index (χ4n) is 1.66. The number of nitrogens with one attached hydrogen (secondary N) is 2. The molecule has 1 heterocycles. The monoisotopic (exact) mass is 363 g/mol. The van der Waals surface area contributed by atoms with Crippen LogP contribution in [0.25, 0.3) is 0 Å². The van der Waals surface area contributed by atoms with Gasteiger partial charge in [0.1, 0.15) is 11.5 Å². The molecule has 1 aliphatic heterocycles. The van der Waals surface area contributed by atoms with Crippen LogP contribution in [-0.2, 0) is 6.54 Å². The van der Waals surface area contributed by atoms with Crippen LogP contribution in [0.15, 0.2) is 23.2 Å². The lowest BCUT2D eigenvalue weighted by Crippen LogP contribution is -2.40. The van der Waals surface area contributed by atoms with E-state index < -0.39 is 0 Å². The van der Waals surface area contributed by atoms with Crippen molar-refractivity contribution in [1.82, 2.24) is 10.6 Å². The summed E-state index contributed by atoms with van der Waals surface area (Å²) in [4.78, 5) is 4.30. The average Bonchev–Trinajstić information content (AvgIpc) is 2.39. The highest BCUT2D eigenvalue weighted by atomic mass is 127. The fourth-order valence-corrected chi connectivity index (χ4v) is 1.66. The van der Waals surface area contributed by atoms with E-state index in [1.165, 1.54) is 0 Å². The first-order valence-corrected chi connectivity index (χ1v) is 5.67. The van der Waals surface area contributed by atoms with Crippen molar-refractivity contribution in [3.63, 3.8) is 0 Å². The SMILES string of the molecule is COc1ccc(O)c(CNC2=NCCCN2)c1.I. The van der Waals surface area contributed by atoms with Gasteiger partial charge in [-0.1, -0.05) is 0 Å². The molecule has 0 fully saturated rings. The number of hydrogen-bond acceptors (Lipinski definition) is 5. The summed E-state index contributed by atoms with van der Waals surface area (Å²) in [6.07, 6.45) is 1.07. The maximum Gasteiger partial charge on any atom is 0.191 e. The molecule has 1 aromatic carbocycles. The summed E-state index contributed by atoms with van der Waals surface area (Å²) < 4.78 is 5.12. The predicted molar refractivity (Wildman–Crippen MR) is 81.8 cm³/mol. The number of phenolic OH excluding ortho intramolecular Hbond substituents is 1. The molecule has 5 nitrogen and oxygen atoms in total. The van der Waals surface area contributed by atoms with Crippen LogP contribution in [0.5, 0.6) is 11.5 Å². The highest BCUT2D eigenvalue weighted by Gasteiger charge is 2.06. The topological polar surface area (TPSA) is 65.9 Å². The van der Waals surface area contributed by atoms with Gasteiger partial charge in [0, 0.05) is 25.2 Å². The minimum absolute atomic E-state index is 0. The van der Waals surface area contributed by atoms with E-state index in [2.05, 4.69) is 15.6 Å². The number of hydrogen-bond donors (Lipinski definition) is 3. The van der Waals surface area contributed by atoms with Crippen LogP contribution in [-0.4, -0.2) is 31.3 Å². The summed E-state index contributed by atoms with van der Waals surface area (Å²) in [5.74, 6) is 1.78. The minimum Gasteiger partial charge on any atom is -0.508 e. The second kappa shape index (κ2) is 7.30. The third kappa shape index (κ3) is 3.94. The van der Waals surface area contributed by atoms with E-state index >= 15 is 0 Å². The van der Waals surface area contributed by atoms with Crippen LogP contribution in [0, 0.1) is 0 Å². The zero-order valence-corrected chi connectivity index (χ0v) is 12.6. The first kappa shape index (κ1) is 14.9. The minimum atomic E-state index is 0. The van der Waals surface area contributed by atoms with Gasteiger partial charge in [-0.25, -0.2) is 0 Å². The molecule has 2 rings (SSSR count). The van der Waals surface area contributed by atoms with Crippen molar-refractivity contribution < 1.29 is 9.84 Å². The van der Waals surface area contributed by atoms with Gasteiger partial charge < -0.3 is 20.5 Å². The van der Waals surface area contributed by atoms with Gasteiger partial charge in [-0.3, -0.25) is 4.99 Å². The molecule has 0 bridgehead atoms. The van der Waals surface area contributed by atoms with Crippen LogP contribution < -0.4 is 15.4 Å². The van der Waals surface area contributed by atoms with Gasteiger partial charge in [0.2, 0.25) is 0 Å². The molecule has 0 spiro atoms. The predicted octanol–water partition coefficient (Wildman–Crippen LogP) is 1.46. The molecule has 100 valence electrons. The highest BCUT2D eigenvalue weighted by molar-refractivity contribution is 14.0. The second-order valence-corrected chi connectivity index (χ2v) is 3.86. The van der Waals surface area contributed by atoms with Crippen LogP contribution in [0.3, 0.4) is 0 Å². The number of halogens is 1. The van der Waals surface area contributed by atoms with Crippen molar-refractivity contribution in [2.75, 3.05) is 20.2 Å². The number of benzene rings is 1. The number of nitrogens with zero attached hydrogens (tertiary/aromatic N) is 1. The largest absolute Gasteiger partial charge is 0.508 e. The van der Waals surface area contributed by atoms with E-state index in [1.807, 2.05) is 6.07 Å². The van der Waals surface area contributed by atoms with Gasteiger partial charge in [-0.2, -0.15) is 0 Å². The van der Waals surface area contributed by atoms with E-state index in [0.717, 1.165) is 36.8 Å². The number of guanidine groups is 1. The van der Waals surface area contributed by atoms with Crippen molar-refractivity contribution >= 4 is 29.9 Å². The summed E-state index contributed by atoms with van der Waals surface area (Å²) in [6.45, 7) is 2.31. The van der Waals surface area contributed by atoms with Crippen molar-refractivity contribution in [3.05, 3.63) is 23.8 Å². The van der Waals surface area contributed by atoms with E-state index in [-0.39, 0.29) is 29.7 Å². The van der Waals surface area contributed by atoms with Crippen molar-refractivity contribution in [3.8, 4) is 11.5 Å². The molecule has 1 aliphatic rings. The summed E-state index contributed by atoms with van der Waals surface area (Å²) in [5, 5.41) is 16.0. The third-order valence-corrected chi connectivity index (χ3v) is 2.63. The summed E-state index contributed by atoms with van der Waals surface area (Å²) >= 11 is 0. The molecule has 18 heavy (non-hydrogen) atoms. The zero-order valence-electron chi connectivity index (χ0n) is 10.3. The Morgan fingerprint density at radius 1 is 1.50 bits per heavy atom. The molecule has 0 radical (unpaired) electrons. The number of ether oxygens (including phenoxy) is 1. The molecule has 0 aromatic heterocycles. The van der Waals surface area contributed by atoms with Gasteiger partial charge in [0.15, 0.2) is 5.96 Å². The van der Waals surface area contributed by atoms with Gasteiger partial charge >= 0.3 is 0 Å². The maximum absolute atomic E-state index is 9.70. The average molecular weight is 363 g/mol. The van der Waals surface area contributed by atoms with Gasteiger partial charge in [0.05, 0.1) is 7.11 Å². The third-order valence-electron chi connectivity index (χ3n) is 2.63. The lowest BCUT2D eigenvalue weighted by atomic mass is 10.2. The van der Waals surface area contributed by atoms with Crippen LogP contribution in [0.1, 0.15) is 12.0 Å². The Bertz CT molecular complexity index is 424. The number of methoxy groups -OCH3 is 1. The molecular weight excluding hydrogens is 345 g/mol. The molecule has 6 heteroatoms. The standard InChI is InChI=1S/C12H17N3O2.HI/c1-17-10-3-4-11(16)9(7-10)8-15-12-13-5-2-6-14-12;/h3-4,7,16H,2,5-6,8H2,1H3,(H2,13,14,15);1H. The van der Waals surface area contributed by atoms with Crippen molar-refractivity contribution in [2.45, 2.75) is 13.0 Å². The Labute approximate surface area is 124 Å². The molecule has 1 aromatic rings. The summed E-state index contributed by atoms with van der Waals surface area (Å²) in [5.41, 5.74) is 0.791. The molecule has 0 aliphatic carbocycles. The molecule has 0 atom stereocenters. The Hall–Kier alpha value is -1.18. The number of aliphatic imine (C=N–C) groups is 1. The van der Waals surface area contributed by atoms with Gasteiger partial charge in [0.25, 0.3) is 0 Å². The van der Waals surface area contributed by atoms with E-state index in [1.54, 1.807) is 19.2 Å². The lowest BCUT2D eigenvalue weighted by Gasteiger charge is -2.16. The summed E-state index contributed by atoms with van der Waals surface area (Å²) in [6, 6.07) is 5.17. The smallest absolute Gasteiger partial charge is 0.191 e. The number of aromatic hydroxyl groups is 1. The second-order valence-electron chi connectivity index (χ2n) is 3.86. The van der Waals surface area contributed by atoms with Crippen molar-refractivity contribution in [1.29, 1.82) is 0 Å². The fraction of sp³-hybridized carbons (Fsp3) is 0.417. The van der Waals surface area contributed by atoms with Gasteiger partial charge in [-0.15, -0.1) is 24.0 Å². The first-order chi connectivity index (χ1) is 8.29. The zero-order chi connectivity index (χ0) is 12.1. The van der Waals surface area contributed by atoms with Gasteiger partial charge in [-0.05, 0) is 24.6 Å². The van der Waals surface area contributed by atoms with Crippen molar-refractivity contribution in [2.24, 2.45) is 4.99 Å². The Morgan fingerprint density at radius 2 is 2.33 bits per heavy atom. The molecule has 0 amide bonds. The quantitative estimate of drug-likeness (QED) is 0.712. The number of phenols is 1. The first-order valence-electron chi connectivity index (χ1n) is 5.67. The van der Waals surface area contributed by atoms with Crippen LogP contribution in [0.4, 0.5) is 0 Å². The lowest BCUT2D eigenvalue weighted by molar-refractivity contribution is 0.410. The van der Waals surface area contributed by atoms with E-state index in [9.17, 15) is 5.11 Å². The van der Waals surface area contributed by atoms with Crippen LogP contribution >= 0.6 is 24.0 Å². The van der Waals surface area contributed by atoms with Crippen LogP contribution in [0.2, 0.25) is 0 Å². The highest BCUT2D eigenvalue weighted by Crippen LogP contribution is 2.22.